The van der Waals surface area contributed by atoms with E-state index in [1.807, 2.05) is 13.1 Å². The van der Waals surface area contributed by atoms with Crippen molar-refractivity contribution in [3.8, 4) is 10.8 Å². The Morgan fingerprint density at radius 1 is 1.22 bits per heavy atom. The molecule has 0 saturated carbocycles. The van der Waals surface area contributed by atoms with Crippen molar-refractivity contribution in [3.63, 3.8) is 0 Å². The smallest absolute Gasteiger partial charge is 0.208 e. The summed E-state index contributed by atoms with van der Waals surface area (Å²) < 4.78 is 0. The van der Waals surface area contributed by atoms with Crippen molar-refractivity contribution >= 4 is 16.5 Å². The van der Waals surface area contributed by atoms with Crippen LogP contribution in [0.4, 0.5) is 5.13 Å². The summed E-state index contributed by atoms with van der Waals surface area (Å²) >= 11 is 1.60. The van der Waals surface area contributed by atoms with Crippen molar-refractivity contribution in [1.29, 1.82) is 0 Å². The second kappa shape index (κ2) is 4.66. The van der Waals surface area contributed by atoms with Crippen molar-refractivity contribution in [2.75, 3.05) is 38.1 Å². The van der Waals surface area contributed by atoms with Gasteiger partial charge in [-0.25, -0.2) is 4.98 Å². The first kappa shape index (κ1) is 11.6. The summed E-state index contributed by atoms with van der Waals surface area (Å²) in [5.41, 5.74) is 1.04. The van der Waals surface area contributed by atoms with Gasteiger partial charge in [0.2, 0.25) is 5.13 Å². The molecule has 1 N–H and O–H groups in total. The Morgan fingerprint density at radius 3 is 2.67 bits per heavy atom. The number of rotatable bonds is 2. The van der Waals surface area contributed by atoms with Crippen LogP contribution in [0.15, 0.2) is 6.20 Å². The summed E-state index contributed by atoms with van der Waals surface area (Å²) in [6.07, 6.45) is 1.81. The number of anilines is 1. The molecule has 0 bridgehead atoms. The highest BCUT2D eigenvalue weighted by Gasteiger charge is 2.18. The van der Waals surface area contributed by atoms with Crippen molar-refractivity contribution < 1.29 is 0 Å². The first-order valence-electron chi connectivity index (χ1n) is 6.01. The monoisotopic (exact) mass is 264 g/mol. The predicted molar refractivity (Wildman–Crippen MR) is 71.9 cm³/mol. The molecule has 0 aromatic carbocycles. The first-order valence-corrected chi connectivity index (χ1v) is 6.83. The maximum absolute atomic E-state index is 4.28. The summed E-state index contributed by atoms with van der Waals surface area (Å²) in [6.45, 7) is 6.17. The van der Waals surface area contributed by atoms with Gasteiger partial charge < -0.3 is 14.8 Å². The molecule has 7 heteroatoms. The molecule has 2 aromatic heterocycles. The Kier molecular flexibility index (Phi) is 3.00. The van der Waals surface area contributed by atoms with E-state index in [0.717, 1.165) is 47.8 Å². The van der Waals surface area contributed by atoms with Gasteiger partial charge in [-0.3, -0.25) is 0 Å². The quantitative estimate of drug-likeness (QED) is 0.876. The summed E-state index contributed by atoms with van der Waals surface area (Å²) in [7, 11) is 2.15. The van der Waals surface area contributed by atoms with Gasteiger partial charge in [-0.2, -0.15) is 0 Å². The van der Waals surface area contributed by atoms with E-state index in [0.29, 0.717) is 0 Å². The molecule has 1 fully saturated rings. The summed E-state index contributed by atoms with van der Waals surface area (Å²) in [5.74, 6) is 0.811. The number of nitrogens with one attached hydrogen (secondary N) is 1. The maximum atomic E-state index is 4.28. The summed E-state index contributed by atoms with van der Waals surface area (Å²) in [5, 5.41) is 10.3. The first-order chi connectivity index (χ1) is 8.72. The largest absolute Gasteiger partial charge is 0.344 e. The van der Waals surface area contributed by atoms with Crippen molar-refractivity contribution in [2.24, 2.45) is 0 Å². The van der Waals surface area contributed by atoms with Gasteiger partial charge in [0.25, 0.3) is 0 Å². The predicted octanol–water partition coefficient (Wildman–Crippen LogP) is 0.988. The van der Waals surface area contributed by atoms with Gasteiger partial charge in [0.15, 0.2) is 10.8 Å². The molecule has 1 aliphatic heterocycles. The summed E-state index contributed by atoms with van der Waals surface area (Å²) in [4.78, 5) is 12.1. The molecular weight excluding hydrogens is 248 g/mol. The molecular formula is C11H16N6S. The van der Waals surface area contributed by atoms with Gasteiger partial charge >= 0.3 is 0 Å². The molecule has 0 unspecified atom stereocenters. The van der Waals surface area contributed by atoms with Crippen LogP contribution in [0.5, 0.6) is 0 Å². The zero-order valence-electron chi connectivity index (χ0n) is 10.6. The highest BCUT2D eigenvalue weighted by atomic mass is 32.1. The number of piperazine rings is 1. The van der Waals surface area contributed by atoms with Crippen LogP contribution in [-0.2, 0) is 0 Å². The fourth-order valence-corrected chi connectivity index (χ4v) is 2.81. The van der Waals surface area contributed by atoms with E-state index < -0.39 is 0 Å². The van der Waals surface area contributed by atoms with E-state index in [1.165, 1.54) is 0 Å². The number of likely N-dealkylation sites (N-methyl/N-ethyl adjacent to an activating group) is 1. The van der Waals surface area contributed by atoms with Crippen LogP contribution in [0.25, 0.3) is 10.8 Å². The lowest BCUT2D eigenvalue weighted by molar-refractivity contribution is 0.312. The van der Waals surface area contributed by atoms with E-state index in [9.17, 15) is 0 Å². The lowest BCUT2D eigenvalue weighted by Gasteiger charge is -2.31. The Bertz CT molecular complexity index is 525. The van der Waals surface area contributed by atoms with E-state index in [-0.39, 0.29) is 0 Å². The van der Waals surface area contributed by atoms with Gasteiger partial charge in [-0.05, 0) is 14.0 Å². The molecule has 1 saturated heterocycles. The number of nitrogens with zero attached hydrogens (tertiary/aromatic N) is 5. The van der Waals surface area contributed by atoms with Crippen LogP contribution >= 0.6 is 11.3 Å². The number of hydrogen-bond donors (Lipinski definition) is 1. The standard InChI is InChI=1S/C11H16N6S/c1-8-7-12-9(13-8)10-14-15-11(18-10)17-5-3-16(2)4-6-17/h7H,3-6H2,1-2H3,(H,12,13). The Morgan fingerprint density at radius 2 is 2.00 bits per heavy atom. The molecule has 1 aliphatic rings. The third kappa shape index (κ3) is 2.23. The minimum Gasteiger partial charge on any atom is -0.344 e. The van der Waals surface area contributed by atoms with E-state index in [1.54, 1.807) is 11.3 Å². The molecule has 3 rings (SSSR count). The lowest BCUT2D eigenvalue weighted by atomic mass is 10.3. The average Bonchev–Trinajstić information content (AvgIpc) is 2.98. The SMILES string of the molecule is Cc1cnc(-c2nnc(N3CCN(C)CC3)s2)[nH]1. The molecule has 0 atom stereocenters. The van der Waals surface area contributed by atoms with Crippen molar-refractivity contribution in [3.05, 3.63) is 11.9 Å². The molecule has 6 nitrogen and oxygen atoms in total. The highest BCUT2D eigenvalue weighted by molar-refractivity contribution is 7.18. The number of aromatic amines is 1. The van der Waals surface area contributed by atoms with E-state index in [4.69, 9.17) is 0 Å². The zero-order chi connectivity index (χ0) is 12.5. The minimum absolute atomic E-state index is 0.811. The van der Waals surface area contributed by atoms with Crippen LogP contribution in [-0.4, -0.2) is 58.3 Å². The fraction of sp³-hybridized carbons (Fsp3) is 0.545. The molecule has 0 radical (unpaired) electrons. The second-order valence-electron chi connectivity index (χ2n) is 4.59. The molecule has 18 heavy (non-hydrogen) atoms. The number of hydrogen-bond acceptors (Lipinski definition) is 6. The minimum atomic E-state index is 0.811. The molecule has 0 aliphatic carbocycles. The van der Waals surface area contributed by atoms with Gasteiger partial charge in [0, 0.05) is 38.1 Å². The van der Waals surface area contributed by atoms with Crippen LogP contribution in [0.3, 0.4) is 0 Å². The van der Waals surface area contributed by atoms with E-state index >= 15 is 0 Å². The van der Waals surface area contributed by atoms with Crippen molar-refractivity contribution in [2.45, 2.75) is 6.92 Å². The molecule has 3 heterocycles. The van der Waals surface area contributed by atoms with Crippen LogP contribution in [0.1, 0.15) is 5.69 Å². The molecule has 2 aromatic rings. The average molecular weight is 264 g/mol. The second-order valence-corrected chi connectivity index (χ2v) is 5.55. The third-order valence-electron chi connectivity index (χ3n) is 3.09. The van der Waals surface area contributed by atoms with Gasteiger partial charge in [-0.1, -0.05) is 11.3 Å². The highest BCUT2D eigenvalue weighted by Crippen LogP contribution is 2.27. The Labute approximate surface area is 110 Å². The number of aromatic nitrogens is 4. The van der Waals surface area contributed by atoms with Gasteiger partial charge in [-0.15, -0.1) is 10.2 Å². The molecule has 0 amide bonds. The number of H-pyrrole nitrogens is 1. The molecule has 96 valence electrons. The molecule has 0 spiro atoms. The van der Waals surface area contributed by atoms with Crippen LogP contribution in [0.2, 0.25) is 0 Å². The van der Waals surface area contributed by atoms with Gasteiger partial charge in [0.1, 0.15) is 0 Å². The van der Waals surface area contributed by atoms with Crippen LogP contribution in [0, 0.1) is 6.92 Å². The third-order valence-corrected chi connectivity index (χ3v) is 4.08. The zero-order valence-corrected chi connectivity index (χ0v) is 11.4. The summed E-state index contributed by atoms with van der Waals surface area (Å²) in [6, 6.07) is 0. The fourth-order valence-electron chi connectivity index (χ4n) is 1.96. The maximum Gasteiger partial charge on any atom is 0.208 e. The normalized spacial score (nSPS) is 17.3. The Hall–Kier alpha value is -1.47. The topological polar surface area (TPSA) is 60.9 Å². The number of aryl methyl sites for hydroxylation is 1. The number of imidazole rings is 1. The van der Waals surface area contributed by atoms with Gasteiger partial charge in [0.05, 0.1) is 0 Å². The van der Waals surface area contributed by atoms with Crippen molar-refractivity contribution in [1.82, 2.24) is 25.1 Å². The Balaban J connectivity index is 1.77. The van der Waals surface area contributed by atoms with E-state index in [2.05, 4.69) is 37.0 Å². The van der Waals surface area contributed by atoms with Crippen LogP contribution < -0.4 is 4.90 Å². The lowest BCUT2D eigenvalue weighted by Crippen LogP contribution is -2.44.